The fourth-order valence-corrected chi connectivity index (χ4v) is 9.62. The van der Waals surface area contributed by atoms with Crippen LogP contribution >= 0.6 is 0 Å². The van der Waals surface area contributed by atoms with Gasteiger partial charge in [0.25, 0.3) is 0 Å². The van der Waals surface area contributed by atoms with E-state index in [1.165, 1.54) is 19.3 Å². The highest BCUT2D eigenvalue weighted by Crippen LogP contribution is 2.52. The largest absolute Gasteiger partial charge is 0.544 e. The summed E-state index contributed by atoms with van der Waals surface area (Å²) in [5.74, 6) is 3.78. The molecule has 0 amide bonds. The van der Waals surface area contributed by atoms with Crippen molar-refractivity contribution in [2.24, 2.45) is 0 Å². The summed E-state index contributed by atoms with van der Waals surface area (Å²) >= 11 is 0. The number of hydrogen-bond donors (Lipinski definition) is 0. The van der Waals surface area contributed by atoms with Gasteiger partial charge in [-0.25, -0.2) is 0 Å². The fourth-order valence-electron chi connectivity index (χ4n) is 9.62. The van der Waals surface area contributed by atoms with Gasteiger partial charge < -0.3 is 42.8 Å². The summed E-state index contributed by atoms with van der Waals surface area (Å²) in [7, 11) is 10.9. The molecule has 0 saturated heterocycles. The van der Waals surface area contributed by atoms with Gasteiger partial charge in [-0.05, 0) is 91.0 Å². The van der Waals surface area contributed by atoms with Gasteiger partial charge in [-0.2, -0.15) is 0 Å². The summed E-state index contributed by atoms with van der Waals surface area (Å²) in [5.41, 5.74) is 6.46. The number of quaternary nitrogens is 1. The highest BCUT2D eigenvalue weighted by atomic mass is 16.5. The number of hydrogen-bond acceptors (Lipinski definition) is 9. The van der Waals surface area contributed by atoms with E-state index in [1.807, 2.05) is 18.2 Å². The van der Waals surface area contributed by atoms with Crippen LogP contribution < -0.4 is 33.5 Å². The molecule has 4 atom stereocenters. The molecule has 0 radical (unpaired) electrons. The van der Waals surface area contributed by atoms with Crippen molar-refractivity contribution in [1.29, 1.82) is 0 Å². The molecule has 0 aromatic heterocycles. The molecule has 4 aliphatic rings. The van der Waals surface area contributed by atoms with Crippen molar-refractivity contribution >= 4 is 5.97 Å². The quantitative estimate of drug-likeness (QED) is 0.0975. The van der Waals surface area contributed by atoms with Crippen LogP contribution in [0.1, 0.15) is 97.3 Å². The van der Waals surface area contributed by atoms with E-state index in [0.29, 0.717) is 82.7 Å². The zero-order valence-electron chi connectivity index (χ0n) is 35.4. The topological polar surface area (TPSA) is 98.8 Å². The Balaban J connectivity index is 1.42. The number of ether oxygens (including phenoxy) is 6. The first kappa shape index (κ1) is 41.2. The van der Waals surface area contributed by atoms with Crippen molar-refractivity contribution in [3.8, 4) is 46.0 Å². The van der Waals surface area contributed by atoms with E-state index >= 15 is 0 Å². The summed E-state index contributed by atoms with van der Waals surface area (Å²) < 4.78 is 37.9. The minimum Gasteiger partial charge on any atom is -0.544 e. The van der Waals surface area contributed by atoms with E-state index in [2.05, 4.69) is 68.4 Å². The first-order valence-electron chi connectivity index (χ1n) is 21.0. The van der Waals surface area contributed by atoms with Gasteiger partial charge in [0.2, 0.25) is 5.75 Å². The molecule has 8 rings (SSSR count). The van der Waals surface area contributed by atoms with Crippen LogP contribution in [0.2, 0.25) is 0 Å². The highest BCUT2D eigenvalue weighted by Gasteiger charge is 2.46. The number of likely N-dealkylation sites (N-methyl/N-ethyl adjacent to an activating group) is 2. The first-order chi connectivity index (χ1) is 28.1. The second-order valence-corrected chi connectivity index (χ2v) is 16.4. The van der Waals surface area contributed by atoms with Crippen molar-refractivity contribution in [2.45, 2.75) is 95.7 Å². The molecule has 6 bridgehead atoms. The molecule has 310 valence electrons. The standard InChI is InChI=1S/C48H60N2O8/c1-8-9-10-11-12-13-14-38(48(51)52)50(3)24-22-33-28-41(54-5)43-30-36(33)39(50)26-31-15-18-35(19-16-31)57-42-27-32(17-20-40(42)53-4)25-37-45-34(21-23-49(37)2)29-44(55-6)46(56-7)47(45)58-43/h15-20,27-30,37-39H,8-14,21-26H2,1-7H3. The van der Waals surface area contributed by atoms with E-state index in [0.717, 1.165) is 65.6 Å². The third-order valence-corrected chi connectivity index (χ3v) is 13.0. The molecule has 4 aromatic carbocycles. The number of unbranched alkanes of at least 4 members (excludes halogenated alkanes) is 5. The van der Waals surface area contributed by atoms with Crippen molar-refractivity contribution in [1.82, 2.24) is 4.90 Å². The van der Waals surface area contributed by atoms with E-state index in [4.69, 9.17) is 28.4 Å². The average molecular weight is 793 g/mol. The molecule has 10 heteroatoms. The Bertz CT molecular complexity index is 2080. The number of carbonyl (C=O) groups excluding carboxylic acids is 1. The molecule has 4 aliphatic heterocycles. The number of carbonyl (C=O) groups is 1. The lowest BCUT2D eigenvalue weighted by molar-refractivity contribution is -0.958. The van der Waals surface area contributed by atoms with E-state index in [-0.39, 0.29) is 12.1 Å². The van der Waals surface area contributed by atoms with Crippen molar-refractivity contribution in [3.05, 3.63) is 94.0 Å². The SMILES string of the molecule is CCCCCCCCC(C(=O)[O-])[N+]1(C)CCc2cc(OC)c3cc2C1Cc1ccc(cc1)Oc1cc(ccc1OC)CC1c2c(cc(OC)c(OC)c2O3)CCN1C. The average Bonchev–Trinajstić information content (AvgIpc) is 3.22. The van der Waals surface area contributed by atoms with Crippen molar-refractivity contribution in [2.75, 3.05) is 55.6 Å². The van der Waals surface area contributed by atoms with E-state index in [1.54, 1.807) is 28.4 Å². The number of fused-ring (bicyclic) bond motifs is 2. The predicted octanol–water partition coefficient (Wildman–Crippen LogP) is 8.55. The van der Waals surface area contributed by atoms with Gasteiger partial charge in [0.05, 0.1) is 48.0 Å². The monoisotopic (exact) mass is 792 g/mol. The van der Waals surface area contributed by atoms with Crippen molar-refractivity contribution < 1.29 is 42.8 Å². The molecule has 0 N–H and O–H groups in total. The molecule has 0 saturated carbocycles. The van der Waals surface area contributed by atoms with Crippen LogP contribution in [0, 0.1) is 0 Å². The van der Waals surface area contributed by atoms with Crippen molar-refractivity contribution in [3.63, 3.8) is 0 Å². The molecule has 0 spiro atoms. The van der Waals surface area contributed by atoms with Crippen LogP contribution in [-0.2, 0) is 30.5 Å². The molecular weight excluding hydrogens is 733 g/mol. The summed E-state index contributed by atoms with van der Waals surface area (Å²) in [5, 5.41) is 13.3. The lowest BCUT2D eigenvalue weighted by Crippen LogP contribution is -2.63. The first-order valence-corrected chi connectivity index (χ1v) is 21.0. The third kappa shape index (κ3) is 8.18. The Kier molecular flexibility index (Phi) is 12.7. The third-order valence-electron chi connectivity index (χ3n) is 13.0. The van der Waals surface area contributed by atoms with Crippen LogP contribution in [0.4, 0.5) is 0 Å². The van der Waals surface area contributed by atoms with Gasteiger partial charge in [0.15, 0.2) is 34.5 Å². The maximum Gasteiger partial charge on any atom is 0.204 e. The Morgan fingerprint density at radius 2 is 1.48 bits per heavy atom. The molecule has 0 fully saturated rings. The second kappa shape index (κ2) is 17.9. The molecular formula is C48H60N2O8. The molecule has 10 nitrogen and oxygen atoms in total. The summed E-state index contributed by atoms with van der Waals surface area (Å²) in [6.07, 6.45) is 9.84. The number of nitrogens with zero attached hydrogens (tertiary/aromatic N) is 2. The molecule has 4 unspecified atom stereocenters. The predicted molar refractivity (Wildman–Crippen MR) is 223 cm³/mol. The molecule has 58 heavy (non-hydrogen) atoms. The van der Waals surface area contributed by atoms with Crippen LogP contribution in [0.25, 0.3) is 0 Å². The minimum absolute atomic E-state index is 0.0832. The molecule has 4 heterocycles. The maximum absolute atomic E-state index is 13.3. The Morgan fingerprint density at radius 1 is 0.793 bits per heavy atom. The van der Waals surface area contributed by atoms with Crippen LogP contribution in [0.15, 0.2) is 60.7 Å². The van der Waals surface area contributed by atoms with Crippen LogP contribution in [0.5, 0.6) is 46.0 Å². The number of carboxylic acid groups (broad SMARTS) is 1. The van der Waals surface area contributed by atoms with Crippen LogP contribution in [0.3, 0.4) is 0 Å². The number of benzene rings is 4. The van der Waals surface area contributed by atoms with Gasteiger partial charge in [0, 0.05) is 43.0 Å². The number of rotatable bonds is 13. The van der Waals surface area contributed by atoms with Gasteiger partial charge in [-0.3, -0.25) is 4.90 Å². The zero-order valence-corrected chi connectivity index (χ0v) is 35.4. The number of methoxy groups -OCH3 is 4. The number of aliphatic carboxylic acids is 1. The normalized spacial score (nSPS) is 20.4. The second-order valence-electron chi connectivity index (χ2n) is 16.4. The molecule has 0 aliphatic carbocycles. The van der Waals surface area contributed by atoms with Gasteiger partial charge in [-0.1, -0.05) is 57.2 Å². The van der Waals surface area contributed by atoms with E-state index < -0.39 is 12.0 Å². The highest BCUT2D eigenvalue weighted by molar-refractivity contribution is 5.70. The summed E-state index contributed by atoms with van der Waals surface area (Å²) in [6, 6.07) is 19.5. The Labute approximate surface area is 344 Å². The maximum atomic E-state index is 13.3. The minimum atomic E-state index is -0.994. The Morgan fingerprint density at radius 3 is 2.19 bits per heavy atom. The number of carboxylic acids is 1. The zero-order chi connectivity index (χ0) is 41.0. The summed E-state index contributed by atoms with van der Waals surface area (Å²) in [4.78, 5) is 15.6. The van der Waals surface area contributed by atoms with E-state index in [9.17, 15) is 9.90 Å². The Hall–Kier alpha value is -4.93. The lowest BCUT2D eigenvalue weighted by atomic mass is 9.84. The smallest absolute Gasteiger partial charge is 0.204 e. The summed E-state index contributed by atoms with van der Waals surface area (Å²) in [6.45, 7) is 3.70. The van der Waals surface area contributed by atoms with Gasteiger partial charge in [-0.15, -0.1) is 0 Å². The van der Waals surface area contributed by atoms with Gasteiger partial charge in [0.1, 0.15) is 17.8 Å². The molecule has 4 aromatic rings. The fraction of sp³-hybridized carbons (Fsp3) is 0.479. The lowest BCUT2D eigenvalue weighted by Gasteiger charge is -2.51. The van der Waals surface area contributed by atoms with Crippen LogP contribution in [-0.4, -0.2) is 77.0 Å². The van der Waals surface area contributed by atoms with Gasteiger partial charge >= 0.3 is 0 Å².